The summed E-state index contributed by atoms with van der Waals surface area (Å²) in [6, 6.07) is 2.10. The van der Waals surface area contributed by atoms with Gasteiger partial charge in [-0.15, -0.1) is 11.3 Å². The van der Waals surface area contributed by atoms with Crippen molar-refractivity contribution in [1.29, 1.82) is 5.26 Å². The molecule has 2 rings (SSSR count). The van der Waals surface area contributed by atoms with Crippen LogP contribution in [0, 0.1) is 11.3 Å². The molecule has 1 aliphatic carbocycles. The molecular formula is C14H16N2O3S. The summed E-state index contributed by atoms with van der Waals surface area (Å²) in [6.07, 6.45) is 7.83. The third-order valence-corrected chi connectivity index (χ3v) is 4.50. The normalized spacial score (nSPS) is 18.0. The van der Waals surface area contributed by atoms with Gasteiger partial charge in [-0.25, -0.2) is 4.79 Å². The Kier molecular flexibility index (Phi) is 4.74. The van der Waals surface area contributed by atoms with Crippen molar-refractivity contribution in [2.24, 2.45) is 0 Å². The number of nitrogens with zero attached hydrogens (tertiary/aromatic N) is 2. The number of rotatable bonds is 2. The van der Waals surface area contributed by atoms with Crippen LogP contribution in [0.3, 0.4) is 0 Å². The van der Waals surface area contributed by atoms with E-state index < -0.39 is 5.97 Å². The number of nitriles is 1. The molecule has 1 saturated carbocycles. The van der Waals surface area contributed by atoms with E-state index in [1.165, 1.54) is 25.7 Å². The fraction of sp³-hybridized carbons (Fsp3) is 0.500. The number of aromatic nitrogens is 1. The number of hydrogen-bond acceptors (Lipinski definition) is 5. The first kappa shape index (κ1) is 14.5. The third-order valence-electron chi connectivity index (χ3n) is 3.46. The van der Waals surface area contributed by atoms with Crippen LogP contribution in [-0.4, -0.2) is 17.6 Å². The summed E-state index contributed by atoms with van der Waals surface area (Å²) in [5.74, 6) is -0.553. The largest absolute Gasteiger partial charge is 0.466 e. The summed E-state index contributed by atoms with van der Waals surface area (Å²) in [4.78, 5) is 23.7. The van der Waals surface area contributed by atoms with Gasteiger partial charge >= 0.3 is 5.97 Å². The van der Waals surface area contributed by atoms with Crippen molar-refractivity contribution in [1.82, 2.24) is 4.57 Å². The quantitative estimate of drug-likeness (QED) is 0.751. The molecule has 0 aliphatic heterocycles. The number of thiazole rings is 1. The molecule has 0 aromatic carbocycles. The highest BCUT2D eigenvalue weighted by Crippen LogP contribution is 2.25. The molecular weight excluding hydrogens is 276 g/mol. The molecule has 0 atom stereocenters. The van der Waals surface area contributed by atoms with Gasteiger partial charge in [-0.2, -0.15) is 5.26 Å². The van der Waals surface area contributed by atoms with Crippen molar-refractivity contribution in [2.75, 3.05) is 7.11 Å². The molecule has 1 fully saturated rings. The maximum absolute atomic E-state index is 12.4. The topological polar surface area (TPSA) is 72.1 Å². The number of carbonyl (C=O) groups excluding carboxylic acids is 1. The highest BCUT2D eigenvalue weighted by atomic mass is 32.1. The Hall–Kier alpha value is -1.87. The molecule has 0 unspecified atom stereocenters. The van der Waals surface area contributed by atoms with Gasteiger partial charge in [-0.1, -0.05) is 19.3 Å². The molecule has 1 heterocycles. The monoisotopic (exact) mass is 292 g/mol. The van der Waals surface area contributed by atoms with Crippen LogP contribution in [-0.2, 0) is 9.53 Å². The molecule has 20 heavy (non-hydrogen) atoms. The van der Waals surface area contributed by atoms with E-state index in [4.69, 9.17) is 5.26 Å². The van der Waals surface area contributed by atoms with Crippen molar-refractivity contribution in [3.63, 3.8) is 0 Å². The smallest absolute Gasteiger partial charge is 0.332 e. The minimum atomic E-state index is -0.553. The van der Waals surface area contributed by atoms with Crippen LogP contribution in [0.2, 0.25) is 0 Å². The summed E-state index contributed by atoms with van der Waals surface area (Å²) in [5, 5.41) is 8.85. The van der Waals surface area contributed by atoms with Gasteiger partial charge in [0.2, 0.25) is 0 Å². The predicted molar refractivity (Wildman–Crippen MR) is 76.5 cm³/mol. The lowest BCUT2D eigenvalue weighted by Gasteiger charge is -2.22. The average Bonchev–Trinajstić information content (AvgIpc) is 2.76. The predicted octanol–water partition coefficient (Wildman–Crippen LogP) is 0.673. The van der Waals surface area contributed by atoms with Crippen LogP contribution in [0.25, 0.3) is 12.2 Å². The van der Waals surface area contributed by atoms with E-state index in [2.05, 4.69) is 4.74 Å². The third kappa shape index (κ3) is 2.99. The number of esters is 1. The van der Waals surface area contributed by atoms with E-state index in [0.717, 1.165) is 37.0 Å². The molecule has 0 saturated heterocycles. The molecule has 0 spiro atoms. The van der Waals surface area contributed by atoms with E-state index in [0.29, 0.717) is 9.20 Å². The maximum atomic E-state index is 12.4. The number of methoxy groups -OCH3 is 1. The van der Waals surface area contributed by atoms with E-state index >= 15 is 0 Å². The molecule has 0 amide bonds. The molecule has 0 N–H and O–H groups in total. The Bertz CT molecular complexity index is 702. The first-order valence-electron chi connectivity index (χ1n) is 6.58. The van der Waals surface area contributed by atoms with Crippen LogP contribution in [0.15, 0.2) is 4.79 Å². The lowest BCUT2D eigenvalue weighted by Crippen LogP contribution is -2.35. The van der Waals surface area contributed by atoms with Crippen LogP contribution in [0.5, 0.6) is 0 Å². The Morgan fingerprint density at radius 3 is 2.75 bits per heavy atom. The van der Waals surface area contributed by atoms with Crippen molar-refractivity contribution in [2.45, 2.75) is 38.1 Å². The average molecular weight is 292 g/mol. The Morgan fingerprint density at radius 2 is 2.15 bits per heavy atom. The molecule has 0 bridgehead atoms. The van der Waals surface area contributed by atoms with E-state index in [1.807, 2.05) is 6.07 Å². The van der Waals surface area contributed by atoms with E-state index in [9.17, 15) is 9.59 Å². The van der Waals surface area contributed by atoms with Gasteiger partial charge in [0.25, 0.3) is 5.56 Å². The van der Waals surface area contributed by atoms with E-state index in [1.54, 1.807) is 4.57 Å². The molecule has 1 aromatic heterocycles. The second-order valence-electron chi connectivity index (χ2n) is 4.71. The maximum Gasteiger partial charge on any atom is 0.332 e. The Balaban J connectivity index is 2.58. The van der Waals surface area contributed by atoms with Gasteiger partial charge in [0.15, 0.2) is 0 Å². The number of hydrogen-bond donors (Lipinski definition) is 0. The zero-order valence-corrected chi connectivity index (χ0v) is 12.1. The van der Waals surface area contributed by atoms with Gasteiger partial charge in [-0.3, -0.25) is 9.36 Å². The summed E-state index contributed by atoms with van der Waals surface area (Å²) in [5.41, 5.74) is -0.200. The van der Waals surface area contributed by atoms with Crippen LogP contribution >= 0.6 is 11.3 Å². The zero-order valence-electron chi connectivity index (χ0n) is 11.3. The second-order valence-corrected chi connectivity index (χ2v) is 5.77. The standard InChI is InChI=1S/C14H16N2O3S/c1-19-13(17)9-11-14(18)16(12(20-11)7-8-15)10-5-3-2-4-6-10/h7,9-10H,2-6H2,1H3/b11-9+,12-7+. The number of ether oxygens (including phenoxy) is 1. The van der Waals surface area contributed by atoms with Crippen molar-refractivity contribution in [3.05, 3.63) is 19.5 Å². The van der Waals surface area contributed by atoms with Crippen molar-refractivity contribution in [3.8, 4) is 6.07 Å². The fourth-order valence-electron chi connectivity index (χ4n) is 2.52. The fourth-order valence-corrected chi connectivity index (χ4v) is 3.53. The molecule has 5 nitrogen and oxygen atoms in total. The van der Waals surface area contributed by atoms with Crippen molar-refractivity contribution < 1.29 is 9.53 Å². The SMILES string of the molecule is COC(=O)/C=c1/s/c(=C/C#N)n(C2CCCCC2)c1=O. The van der Waals surface area contributed by atoms with E-state index in [-0.39, 0.29) is 11.6 Å². The summed E-state index contributed by atoms with van der Waals surface area (Å²) in [7, 11) is 1.27. The highest BCUT2D eigenvalue weighted by molar-refractivity contribution is 7.07. The second kappa shape index (κ2) is 6.53. The van der Waals surface area contributed by atoms with Gasteiger partial charge in [-0.05, 0) is 12.8 Å². The molecule has 1 aromatic rings. The number of carbonyl (C=O) groups is 1. The molecule has 1 aliphatic rings. The molecule has 0 radical (unpaired) electrons. The minimum absolute atomic E-state index is 0.131. The first-order chi connectivity index (χ1) is 9.67. The van der Waals surface area contributed by atoms with Crippen molar-refractivity contribution >= 4 is 29.5 Å². The Labute approximate surface area is 120 Å². The van der Waals surface area contributed by atoms with Gasteiger partial charge < -0.3 is 4.74 Å². The van der Waals surface area contributed by atoms with Gasteiger partial charge in [0, 0.05) is 18.2 Å². The van der Waals surface area contributed by atoms with Gasteiger partial charge in [0.1, 0.15) is 9.20 Å². The highest BCUT2D eigenvalue weighted by Gasteiger charge is 2.19. The lowest BCUT2D eigenvalue weighted by molar-refractivity contribution is -0.133. The summed E-state index contributed by atoms with van der Waals surface area (Å²) < 4.78 is 7.15. The van der Waals surface area contributed by atoms with Crippen LogP contribution in [0.1, 0.15) is 38.1 Å². The lowest BCUT2D eigenvalue weighted by atomic mass is 9.95. The molecule has 106 valence electrons. The van der Waals surface area contributed by atoms with Gasteiger partial charge in [0.05, 0.1) is 13.2 Å². The first-order valence-corrected chi connectivity index (χ1v) is 7.40. The zero-order chi connectivity index (χ0) is 14.5. The minimum Gasteiger partial charge on any atom is -0.466 e. The van der Waals surface area contributed by atoms with Crippen LogP contribution < -0.4 is 14.8 Å². The summed E-state index contributed by atoms with van der Waals surface area (Å²) in [6.45, 7) is 0. The molecule has 6 heteroatoms. The summed E-state index contributed by atoms with van der Waals surface area (Å²) >= 11 is 1.16. The van der Waals surface area contributed by atoms with Crippen LogP contribution in [0.4, 0.5) is 0 Å². The Morgan fingerprint density at radius 1 is 1.45 bits per heavy atom.